The third-order valence-electron chi connectivity index (χ3n) is 11.1. The van der Waals surface area contributed by atoms with Gasteiger partial charge in [-0.1, -0.05) is 206 Å². The number of quaternary nitrogens is 1. The molecule has 0 bridgehead atoms. The van der Waals surface area contributed by atoms with Gasteiger partial charge in [-0.3, -0.25) is 9.36 Å². The molecule has 0 spiro atoms. The summed E-state index contributed by atoms with van der Waals surface area (Å²) in [4.78, 5) is 25.4. The fourth-order valence-electron chi connectivity index (χ4n) is 6.93. The molecule has 0 radical (unpaired) electrons. The molecular weight excluding hydrogens is 864 g/mol. The van der Waals surface area contributed by atoms with Gasteiger partial charge in [-0.15, -0.1) is 0 Å². The van der Waals surface area contributed by atoms with Crippen LogP contribution in [0.2, 0.25) is 0 Å². The number of aliphatic hydroxyl groups is 1. The van der Waals surface area contributed by atoms with Gasteiger partial charge in [0.05, 0.1) is 39.9 Å². The fraction of sp³-hybridized carbons (Fsp3) is 0.644. The van der Waals surface area contributed by atoms with Gasteiger partial charge in [0.15, 0.2) is 0 Å². The van der Waals surface area contributed by atoms with Gasteiger partial charge in [-0.05, 0) is 103 Å². The molecule has 0 rings (SSSR count). The number of likely N-dealkylation sites (N-methyl/N-ethyl adjacent to an activating group) is 1. The minimum absolute atomic E-state index is 0.0183. The van der Waals surface area contributed by atoms with Gasteiger partial charge >= 0.3 is 0 Å². The first kappa shape index (κ1) is 64.9. The van der Waals surface area contributed by atoms with E-state index in [-0.39, 0.29) is 12.5 Å². The van der Waals surface area contributed by atoms with Gasteiger partial charge in [0, 0.05) is 6.42 Å². The lowest BCUT2D eigenvalue weighted by Crippen LogP contribution is -2.45. The van der Waals surface area contributed by atoms with Crippen LogP contribution in [-0.4, -0.2) is 68.5 Å². The van der Waals surface area contributed by atoms with Crippen LogP contribution in [-0.2, 0) is 18.4 Å². The van der Waals surface area contributed by atoms with Crippen LogP contribution in [0.4, 0.5) is 0 Å². The Balaban J connectivity index is 4.36. The molecule has 0 aliphatic heterocycles. The standard InChI is InChI=1S/C59H101N2O6P/c1-6-8-10-12-14-16-18-20-22-24-25-26-27-28-29-30-31-32-33-34-35-37-39-41-43-45-47-49-51-53-59(63)60-57(56-67-68(64,65)66-55-54-61(3,4)5)58(62)52-50-48-46-44-42-40-38-36-23-21-19-17-15-13-11-9-7-2/h8,10,14,16,20,22-23,25-26,28-29,31-32,34-36,42,44,50,52,57-58,62H,6-7,9,11-13,15,17-19,21,24,27,30,33,37-41,43,45-49,51,53-56H2,1-5H3,(H-,60,63,64,65)/b10-8-,16-14-,22-20-,26-25-,29-28-,32-31-,35-34-,36-23+,44-42+,52-50+. The van der Waals surface area contributed by atoms with Crippen LogP contribution in [0.5, 0.6) is 0 Å². The van der Waals surface area contributed by atoms with E-state index in [2.05, 4.69) is 129 Å². The van der Waals surface area contributed by atoms with Crippen LogP contribution in [0.25, 0.3) is 0 Å². The number of amides is 1. The molecule has 0 aliphatic rings. The molecule has 0 fully saturated rings. The van der Waals surface area contributed by atoms with E-state index in [9.17, 15) is 19.4 Å². The Morgan fingerprint density at radius 2 is 0.912 bits per heavy atom. The number of allylic oxidation sites excluding steroid dienone is 19. The molecule has 0 saturated heterocycles. The van der Waals surface area contributed by atoms with Crippen molar-refractivity contribution in [1.29, 1.82) is 0 Å². The number of carbonyl (C=O) groups excluding carboxylic acids is 1. The van der Waals surface area contributed by atoms with E-state index in [1.807, 2.05) is 27.2 Å². The van der Waals surface area contributed by atoms with E-state index in [1.54, 1.807) is 6.08 Å². The average Bonchev–Trinajstić information content (AvgIpc) is 3.30. The summed E-state index contributed by atoms with van der Waals surface area (Å²) in [5.74, 6) is -0.229. The maximum atomic E-state index is 12.9. The minimum Gasteiger partial charge on any atom is -0.756 e. The summed E-state index contributed by atoms with van der Waals surface area (Å²) in [5.41, 5.74) is 0. The molecule has 2 N–H and O–H groups in total. The Kier molecular flexibility index (Phi) is 46.7. The number of phosphoric acid groups is 1. The molecule has 3 atom stereocenters. The van der Waals surface area contributed by atoms with E-state index >= 15 is 0 Å². The number of phosphoric ester groups is 1. The second kappa shape index (κ2) is 48.9. The summed E-state index contributed by atoms with van der Waals surface area (Å²) in [6.45, 7) is 4.47. The van der Waals surface area contributed by atoms with E-state index in [0.29, 0.717) is 17.4 Å². The molecule has 0 heterocycles. The summed E-state index contributed by atoms with van der Waals surface area (Å²) < 4.78 is 23.3. The lowest BCUT2D eigenvalue weighted by atomic mass is 10.1. The highest BCUT2D eigenvalue weighted by Crippen LogP contribution is 2.38. The van der Waals surface area contributed by atoms with Crippen LogP contribution in [0, 0.1) is 0 Å². The fourth-order valence-corrected chi connectivity index (χ4v) is 7.65. The van der Waals surface area contributed by atoms with Crippen LogP contribution in [0.15, 0.2) is 122 Å². The zero-order valence-corrected chi connectivity index (χ0v) is 44.9. The third kappa shape index (κ3) is 50.8. The highest BCUT2D eigenvalue weighted by atomic mass is 31.2. The molecule has 388 valence electrons. The molecule has 8 nitrogen and oxygen atoms in total. The van der Waals surface area contributed by atoms with E-state index < -0.39 is 26.6 Å². The number of unbranched alkanes of at least 4 members (excludes halogenated alkanes) is 16. The predicted molar refractivity (Wildman–Crippen MR) is 292 cm³/mol. The smallest absolute Gasteiger partial charge is 0.268 e. The van der Waals surface area contributed by atoms with Crippen molar-refractivity contribution in [3.8, 4) is 0 Å². The quantitative estimate of drug-likeness (QED) is 0.0272. The highest BCUT2D eigenvalue weighted by Gasteiger charge is 2.23. The largest absolute Gasteiger partial charge is 0.756 e. The molecule has 0 aromatic carbocycles. The van der Waals surface area contributed by atoms with Gasteiger partial charge in [0.25, 0.3) is 7.82 Å². The number of rotatable bonds is 47. The average molecular weight is 965 g/mol. The van der Waals surface area contributed by atoms with Crippen molar-refractivity contribution in [3.63, 3.8) is 0 Å². The summed E-state index contributed by atoms with van der Waals surface area (Å²) in [6, 6.07) is -0.925. The second-order valence-corrected chi connectivity index (χ2v) is 20.2. The number of hydrogen-bond acceptors (Lipinski definition) is 6. The van der Waals surface area contributed by atoms with Crippen molar-refractivity contribution in [3.05, 3.63) is 122 Å². The van der Waals surface area contributed by atoms with Crippen LogP contribution in [0.3, 0.4) is 0 Å². The van der Waals surface area contributed by atoms with E-state index in [0.717, 1.165) is 103 Å². The maximum absolute atomic E-state index is 12.9. The molecule has 9 heteroatoms. The first-order valence-corrected chi connectivity index (χ1v) is 28.4. The summed E-state index contributed by atoms with van der Waals surface area (Å²) in [6.07, 6.45) is 72.6. The van der Waals surface area contributed by atoms with Crippen molar-refractivity contribution >= 4 is 13.7 Å². The van der Waals surface area contributed by atoms with Crippen molar-refractivity contribution in [1.82, 2.24) is 5.32 Å². The third-order valence-corrected chi connectivity index (χ3v) is 12.1. The molecule has 3 unspecified atom stereocenters. The number of carbonyl (C=O) groups is 1. The lowest BCUT2D eigenvalue weighted by molar-refractivity contribution is -0.870. The Morgan fingerprint density at radius 3 is 1.37 bits per heavy atom. The normalized spacial score (nSPS) is 15.0. The van der Waals surface area contributed by atoms with Gasteiger partial charge in [0.1, 0.15) is 13.2 Å². The maximum Gasteiger partial charge on any atom is 0.268 e. The Labute approximate surface area is 418 Å². The SMILES string of the molecule is CC/C=C\C/C=C\C/C=C\C/C=C\C/C=C\C/C=C\C/C=C\CCCCCCCCCC(=O)NC(COP(=O)([O-])OCC[N+](C)(C)C)C(O)/C=C/CC/C=C/CC/C=C/CCCCCCCCC. The van der Waals surface area contributed by atoms with E-state index in [1.165, 1.54) is 70.6 Å². The topological polar surface area (TPSA) is 108 Å². The summed E-state index contributed by atoms with van der Waals surface area (Å²) >= 11 is 0. The first-order valence-electron chi connectivity index (χ1n) is 26.9. The van der Waals surface area contributed by atoms with Gasteiger partial charge in [-0.2, -0.15) is 0 Å². The van der Waals surface area contributed by atoms with Crippen molar-refractivity contribution in [2.24, 2.45) is 0 Å². The molecule has 0 saturated carbocycles. The van der Waals surface area contributed by atoms with Crippen molar-refractivity contribution < 1.29 is 32.9 Å². The van der Waals surface area contributed by atoms with Gasteiger partial charge < -0.3 is 28.8 Å². The Morgan fingerprint density at radius 1 is 0.529 bits per heavy atom. The molecule has 0 aromatic heterocycles. The van der Waals surface area contributed by atoms with E-state index in [4.69, 9.17) is 9.05 Å². The molecule has 0 aliphatic carbocycles. The van der Waals surface area contributed by atoms with Gasteiger partial charge in [0.2, 0.25) is 5.91 Å². The number of aliphatic hydroxyl groups excluding tert-OH is 1. The second-order valence-electron chi connectivity index (χ2n) is 18.8. The zero-order valence-electron chi connectivity index (χ0n) is 44.0. The monoisotopic (exact) mass is 965 g/mol. The van der Waals surface area contributed by atoms with Crippen LogP contribution >= 0.6 is 7.82 Å². The van der Waals surface area contributed by atoms with Crippen molar-refractivity contribution in [2.75, 3.05) is 40.9 Å². The number of hydrogen-bond donors (Lipinski definition) is 2. The predicted octanol–water partition coefficient (Wildman–Crippen LogP) is 15.6. The Hall–Kier alpha value is -3.10. The molecule has 1 amide bonds. The number of nitrogens with one attached hydrogen (secondary N) is 1. The zero-order chi connectivity index (χ0) is 49.9. The molecule has 68 heavy (non-hydrogen) atoms. The van der Waals surface area contributed by atoms with Gasteiger partial charge in [-0.25, -0.2) is 0 Å². The lowest BCUT2D eigenvalue weighted by Gasteiger charge is -2.29. The van der Waals surface area contributed by atoms with Crippen LogP contribution in [0.1, 0.15) is 194 Å². The molecule has 0 aromatic rings. The van der Waals surface area contributed by atoms with Crippen molar-refractivity contribution in [2.45, 2.75) is 206 Å². The summed E-state index contributed by atoms with van der Waals surface area (Å²) in [5, 5.41) is 13.8. The number of nitrogens with zero attached hydrogens (tertiary/aromatic N) is 1. The Bertz CT molecular complexity index is 1510. The van der Waals surface area contributed by atoms with Crippen LogP contribution < -0.4 is 10.2 Å². The molecular formula is C59H101N2O6P. The summed E-state index contributed by atoms with van der Waals surface area (Å²) in [7, 11) is 1.21. The minimum atomic E-state index is -4.62. The highest BCUT2D eigenvalue weighted by molar-refractivity contribution is 7.45. The first-order chi connectivity index (χ1) is 33.0.